The molecule has 2 heterocycles. The smallest absolute Gasteiger partial charge is 0.416 e. The highest BCUT2D eigenvalue weighted by molar-refractivity contribution is 5.87. The third-order valence-electron chi connectivity index (χ3n) is 5.70. The summed E-state index contributed by atoms with van der Waals surface area (Å²) in [5.74, 6) is -0.843. The lowest BCUT2D eigenvalue weighted by Crippen LogP contribution is -2.19. The first-order valence-electron chi connectivity index (χ1n) is 11.0. The van der Waals surface area contributed by atoms with E-state index < -0.39 is 23.3 Å². The molecule has 0 bridgehead atoms. The number of aromatic nitrogens is 3. The average Bonchev–Trinajstić information content (AvgIpc) is 3.33. The topological polar surface area (TPSA) is 96.7 Å². The van der Waals surface area contributed by atoms with Gasteiger partial charge in [-0.05, 0) is 53.1 Å². The minimum Gasteiger partial charge on any atom is -0.489 e. The zero-order chi connectivity index (χ0) is 26.2. The van der Waals surface area contributed by atoms with Gasteiger partial charge in [-0.1, -0.05) is 42.5 Å². The molecule has 0 radical (unpaired) electrons. The SMILES string of the molecule is O=C(O)c1cc2[nH]c(-c3ccc(OCc4cccc(C(F)(F)F)c4)cc3)c(-c3ccccc3)c(=O)n2n1. The summed E-state index contributed by atoms with van der Waals surface area (Å²) in [4.78, 5) is 27.9. The Kier molecular flexibility index (Phi) is 6.00. The van der Waals surface area contributed by atoms with Crippen LogP contribution < -0.4 is 10.3 Å². The Balaban J connectivity index is 1.49. The molecule has 0 amide bonds. The van der Waals surface area contributed by atoms with Gasteiger partial charge in [0.25, 0.3) is 5.56 Å². The number of halogens is 3. The van der Waals surface area contributed by atoms with Gasteiger partial charge in [-0.15, -0.1) is 0 Å². The molecule has 10 heteroatoms. The van der Waals surface area contributed by atoms with Crippen LogP contribution >= 0.6 is 0 Å². The number of aromatic carboxylic acids is 1. The molecule has 0 aliphatic heterocycles. The van der Waals surface area contributed by atoms with Gasteiger partial charge in [0.15, 0.2) is 5.69 Å². The van der Waals surface area contributed by atoms with E-state index in [-0.39, 0.29) is 17.9 Å². The maximum Gasteiger partial charge on any atom is 0.416 e. The zero-order valence-corrected chi connectivity index (χ0v) is 19.0. The molecule has 0 saturated heterocycles. The summed E-state index contributed by atoms with van der Waals surface area (Å²) in [6, 6.07) is 21.7. The van der Waals surface area contributed by atoms with Crippen molar-refractivity contribution in [3.63, 3.8) is 0 Å². The van der Waals surface area contributed by atoms with E-state index in [0.717, 1.165) is 16.6 Å². The van der Waals surface area contributed by atoms with Crippen LogP contribution in [0.15, 0.2) is 89.7 Å². The first kappa shape index (κ1) is 23.9. The van der Waals surface area contributed by atoms with Crippen molar-refractivity contribution in [1.82, 2.24) is 14.6 Å². The van der Waals surface area contributed by atoms with E-state index in [9.17, 15) is 27.9 Å². The second kappa shape index (κ2) is 9.30. The van der Waals surface area contributed by atoms with Crippen molar-refractivity contribution in [2.75, 3.05) is 0 Å². The van der Waals surface area contributed by atoms with Crippen LogP contribution in [0.5, 0.6) is 5.75 Å². The highest BCUT2D eigenvalue weighted by Crippen LogP contribution is 2.31. The van der Waals surface area contributed by atoms with E-state index in [1.165, 1.54) is 12.1 Å². The minimum atomic E-state index is -4.44. The lowest BCUT2D eigenvalue weighted by molar-refractivity contribution is -0.137. The number of hydrogen-bond donors (Lipinski definition) is 2. The first-order valence-corrected chi connectivity index (χ1v) is 11.0. The first-order chi connectivity index (χ1) is 17.7. The van der Waals surface area contributed by atoms with Gasteiger partial charge in [-0.25, -0.2) is 4.79 Å². The van der Waals surface area contributed by atoms with Crippen molar-refractivity contribution in [2.24, 2.45) is 0 Å². The predicted molar refractivity (Wildman–Crippen MR) is 129 cm³/mol. The van der Waals surface area contributed by atoms with Crippen molar-refractivity contribution in [1.29, 1.82) is 0 Å². The molecule has 0 atom stereocenters. The third kappa shape index (κ3) is 4.81. The Bertz CT molecular complexity index is 1660. The molecule has 7 nitrogen and oxygen atoms in total. The predicted octanol–water partition coefficient (Wildman–Crippen LogP) is 5.65. The van der Waals surface area contributed by atoms with Gasteiger partial charge in [0.05, 0.1) is 16.8 Å². The lowest BCUT2D eigenvalue weighted by Gasteiger charge is -2.12. The Morgan fingerprint density at radius 3 is 2.35 bits per heavy atom. The number of nitrogens with zero attached hydrogens (tertiary/aromatic N) is 2. The van der Waals surface area contributed by atoms with Crippen LogP contribution in [0.3, 0.4) is 0 Å². The van der Waals surface area contributed by atoms with Crippen molar-refractivity contribution in [3.8, 4) is 28.1 Å². The number of rotatable bonds is 6. The molecule has 0 aliphatic rings. The highest BCUT2D eigenvalue weighted by Gasteiger charge is 2.30. The molecule has 186 valence electrons. The van der Waals surface area contributed by atoms with Gasteiger partial charge in [0, 0.05) is 6.07 Å². The second-order valence-corrected chi connectivity index (χ2v) is 8.19. The number of benzene rings is 3. The molecule has 2 aromatic heterocycles. The number of carboxylic acids is 1. The maximum atomic E-state index is 13.4. The molecule has 5 rings (SSSR count). The number of hydrogen-bond acceptors (Lipinski definition) is 4. The van der Waals surface area contributed by atoms with Crippen molar-refractivity contribution in [2.45, 2.75) is 12.8 Å². The molecule has 3 aromatic carbocycles. The van der Waals surface area contributed by atoms with Gasteiger partial charge in [-0.2, -0.15) is 22.8 Å². The van der Waals surface area contributed by atoms with Crippen LogP contribution in [0, 0.1) is 0 Å². The fourth-order valence-electron chi connectivity index (χ4n) is 3.94. The van der Waals surface area contributed by atoms with Crippen LogP contribution in [0.1, 0.15) is 21.6 Å². The number of nitrogens with one attached hydrogen (secondary N) is 1. The van der Waals surface area contributed by atoms with E-state index in [0.29, 0.717) is 33.7 Å². The molecule has 37 heavy (non-hydrogen) atoms. The van der Waals surface area contributed by atoms with Gasteiger partial charge in [0.1, 0.15) is 18.0 Å². The molecular formula is C27H18F3N3O4. The molecule has 0 aliphatic carbocycles. The summed E-state index contributed by atoms with van der Waals surface area (Å²) < 4.78 is 45.6. The van der Waals surface area contributed by atoms with Crippen LogP contribution in [0.4, 0.5) is 13.2 Å². The quantitative estimate of drug-likeness (QED) is 0.311. The maximum absolute atomic E-state index is 13.4. The Morgan fingerprint density at radius 2 is 1.68 bits per heavy atom. The van der Waals surface area contributed by atoms with Crippen molar-refractivity contribution < 1.29 is 27.8 Å². The Morgan fingerprint density at radius 1 is 0.946 bits per heavy atom. The molecular weight excluding hydrogens is 487 g/mol. The van der Waals surface area contributed by atoms with Crippen LogP contribution in [0.25, 0.3) is 28.0 Å². The molecule has 0 unspecified atom stereocenters. The summed E-state index contributed by atoms with van der Waals surface area (Å²) >= 11 is 0. The monoisotopic (exact) mass is 505 g/mol. The molecule has 0 saturated carbocycles. The van der Waals surface area contributed by atoms with E-state index in [1.807, 2.05) is 6.07 Å². The fourth-order valence-corrected chi connectivity index (χ4v) is 3.94. The van der Waals surface area contributed by atoms with Crippen LogP contribution in [0.2, 0.25) is 0 Å². The van der Waals surface area contributed by atoms with Crippen LogP contribution in [-0.4, -0.2) is 25.7 Å². The van der Waals surface area contributed by atoms with E-state index in [4.69, 9.17) is 4.74 Å². The van der Waals surface area contributed by atoms with E-state index in [1.54, 1.807) is 54.6 Å². The van der Waals surface area contributed by atoms with Gasteiger partial charge in [-0.3, -0.25) is 4.79 Å². The number of aromatic amines is 1. The number of carbonyl (C=O) groups is 1. The largest absolute Gasteiger partial charge is 0.489 e. The number of fused-ring (bicyclic) bond motifs is 1. The third-order valence-corrected chi connectivity index (χ3v) is 5.70. The van der Waals surface area contributed by atoms with Gasteiger partial charge >= 0.3 is 12.1 Å². The van der Waals surface area contributed by atoms with Crippen LogP contribution in [-0.2, 0) is 12.8 Å². The normalized spacial score (nSPS) is 11.5. The summed E-state index contributed by atoms with van der Waals surface area (Å²) in [6.07, 6.45) is -4.44. The van der Waals surface area contributed by atoms with Crippen molar-refractivity contribution >= 4 is 11.6 Å². The molecule has 5 aromatic rings. The number of ether oxygens (including phenoxy) is 1. The number of alkyl halides is 3. The summed E-state index contributed by atoms with van der Waals surface area (Å²) in [5, 5.41) is 13.2. The van der Waals surface area contributed by atoms with E-state index in [2.05, 4.69) is 10.1 Å². The second-order valence-electron chi connectivity index (χ2n) is 8.19. The van der Waals surface area contributed by atoms with Gasteiger partial charge in [0.2, 0.25) is 0 Å². The zero-order valence-electron chi connectivity index (χ0n) is 19.0. The highest BCUT2D eigenvalue weighted by atomic mass is 19.4. The van der Waals surface area contributed by atoms with E-state index >= 15 is 0 Å². The lowest BCUT2D eigenvalue weighted by atomic mass is 10.0. The summed E-state index contributed by atoms with van der Waals surface area (Å²) in [7, 11) is 0. The molecule has 0 fully saturated rings. The Labute approximate surface area is 207 Å². The Hall–Kier alpha value is -4.86. The number of carboxylic acid groups (broad SMARTS) is 1. The average molecular weight is 505 g/mol. The number of H-pyrrole nitrogens is 1. The minimum absolute atomic E-state index is 0.0604. The van der Waals surface area contributed by atoms with Gasteiger partial charge < -0.3 is 14.8 Å². The van der Waals surface area contributed by atoms with Crippen molar-refractivity contribution in [3.05, 3.63) is 112 Å². The molecule has 0 spiro atoms. The summed E-state index contributed by atoms with van der Waals surface area (Å²) in [6.45, 7) is -0.0604. The summed E-state index contributed by atoms with van der Waals surface area (Å²) in [5.41, 5.74) is 1.03. The molecule has 2 N–H and O–H groups in total. The standard InChI is InChI=1S/C27H18F3N3O4/c28-27(29,30)19-8-4-5-16(13-19)15-37-20-11-9-18(10-12-20)24-23(17-6-2-1-3-7-17)25(34)33-22(31-24)14-21(32-33)26(35)36/h1-14,31H,15H2,(H,35,36). The fraction of sp³-hybridized carbons (Fsp3) is 0.0741.